The molecule has 1 aromatic heterocycles. The van der Waals surface area contributed by atoms with Gasteiger partial charge in [-0.1, -0.05) is 11.3 Å². The number of ether oxygens (including phenoxy) is 3. The Hall–Kier alpha value is -2.12. The Balaban J connectivity index is 2.14. The van der Waals surface area contributed by atoms with Crippen LogP contribution >= 0.6 is 11.3 Å². The van der Waals surface area contributed by atoms with Crippen molar-refractivity contribution < 1.29 is 19.0 Å². The van der Waals surface area contributed by atoms with Gasteiger partial charge in [-0.2, -0.15) is 0 Å². The lowest BCUT2D eigenvalue weighted by molar-refractivity contribution is -0.163. The smallest absolute Gasteiger partial charge is 0.340 e. The minimum absolute atomic E-state index is 0.152. The number of carbonyl (C=O) groups excluding carboxylic acids is 1. The number of hydrogen-bond donors (Lipinski definition) is 0. The van der Waals surface area contributed by atoms with Crippen molar-refractivity contribution in [2.45, 2.75) is 45.3 Å². The zero-order chi connectivity index (χ0) is 19.8. The molecule has 1 aliphatic heterocycles. The van der Waals surface area contributed by atoms with E-state index >= 15 is 0 Å². The van der Waals surface area contributed by atoms with Gasteiger partial charge in [-0.05, 0) is 57.4 Å². The van der Waals surface area contributed by atoms with E-state index in [0.717, 1.165) is 47.7 Å². The lowest BCUT2D eigenvalue weighted by Crippen LogP contribution is -2.28. The van der Waals surface area contributed by atoms with Gasteiger partial charge in [0.25, 0.3) is 0 Å². The van der Waals surface area contributed by atoms with Gasteiger partial charge in [0.15, 0.2) is 6.10 Å². The average Bonchev–Trinajstić information content (AvgIpc) is 2.92. The molecule has 1 atom stereocenters. The Kier molecular flexibility index (Phi) is 5.44. The van der Waals surface area contributed by atoms with Crippen LogP contribution in [0, 0.1) is 0 Å². The van der Waals surface area contributed by atoms with E-state index in [-0.39, 0.29) is 4.87 Å². The number of fused-ring (bicyclic) bond motifs is 1. The van der Waals surface area contributed by atoms with Crippen molar-refractivity contribution in [1.29, 1.82) is 0 Å². The molecule has 0 amide bonds. The predicted octanol–water partition coefficient (Wildman–Crippen LogP) is 3.47. The second-order valence-electron chi connectivity index (χ2n) is 7.55. The van der Waals surface area contributed by atoms with Gasteiger partial charge >= 0.3 is 10.8 Å². The van der Waals surface area contributed by atoms with Crippen molar-refractivity contribution >= 4 is 17.3 Å². The molecule has 1 unspecified atom stereocenters. The predicted molar refractivity (Wildman–Crippen MR) is 104 cm³/mol. The number of aromatic nitrogens is 1. The SMILES string of the molecule is COC(=O)C(OC(C)(C)C)c1sc(=O)n(C)c1-c1ccc2c(c1)CCCO2. The maximum Gasteiger partial charge on any atom is 0.340 e. The molecule has 1 aliphatic rings. The first-order valence-electron chi connectivity index (χ1n) is 8.92. The molecule has 7 heteroatoms. The summed E-state index contributed by atoms with van der Waals surface area (Å²) in [7, 11) is 3.03. The summed E-state index contributed by atoms with van der Waals surface area (Å²) in [5, 5.41) is 0. The van der Waals surface area contributed by atoms with Crippen LogP contribution in [0.2, 0.25) is 0 Å². The van der Waals surface area contributed by atoms with E-state index < -0.39 is 17.7 Å². The van der Waals surface area contributed by atoms with Crippen LogP contribution in [0.4, 0.5) is 0 Å². The van der Waals surface area contributed by atoms with Gasteiger partial charge in [-0.25, -0.2) is 4.79 Å². The summed E-state index contributed by atoms with van der Waals surface area (Å²) >= 11 is 1.02. The molecule has 0 saturated heterocycles. The van der Waals surface area contributed by atoms with E-state index in [0.29, 0.717) is 10.6 Å². The second-order valence-corrected chi connectivity index (χ2v) is 8.54. The maximum absolute atomic E-state index is 12.5. The molecule has 0 N–H and O–H groups in total. The molecule has 0 fully saturated rings. The van der Waals surface area contributed by atoms with Gasteiger partial charge < -0.3 is 18.8 Å². The number of thiazole rings is 1. The normalized spacial score (nSPS) is 15.0. The molecule has 2 heterocycles. The lowest BCUT2D eigenvalue weighted by Gasteiger charge is -2.26. The topological polar surface area (TPSA) is 66.8 Å². The zero-order valence-electron chi connectivity index (χ0n) is 16.3. The Morgan fingerprint density at radius 1 is 1.33 bits per heavy atom. The third kappa shape index (κ3) is 4.09. The van der Waals surface area contributed by atoms with E-state index in [1.54, 1.807) is 11.6 Å². The average molecular weight is 391 g/mol. The first kappa shape index (κ1) is 19.6. The molecule has 146 valence electrons. The summed E-state index contributed by atoms with van der Waals surface area (Å²) in [5.74, 6) is 0.358. The van der Waals surface area contributed by atoms with Crippen LogP contribution in [0.15, 0.2) is 23.0 Å². The van der Waals surface area contributed by atoms with Crippen LogP contribution in [0.1, 0.15) is 43.7 Å². The number of methoxy groups -OCH3 is 1. The Bertz CT molecular complexity index is 906. The fourth-order valence-corrected chi connectivity index (χ4v) is 4.18. The summed E-state index contributed by atoms with van der Waals surface area (Å²) < 4.78 is 18.2. The molecule has 0 spiro atoms. The number of esters is 1. The van der Waals surface area contributed by atoms with Crippen molar-refractivity contribution in [3.05, 3.63) is 38.3 Å². The summed E-state index contributed by atoms with van der Waals surface area (Å²) in [6.45, 7) is 6.32. The van der Waals surface area contributed by atoms with Gasteiger partial charge in [0.2, 0.25) is 0 Å². The van der Waals surface area contributed by atoms with Crippen molar-refractivity contribution in [1.82, 2.24) is 4.57 Å². The molecule has 0 radical (unpaired) electrons. The molecular formula is C20H25NO5S. The first-order chi connectivity index (χ1) is 12.7. The number of rotatable bonds is 4. The van der Waals surface area contributed by atoms with E-state index in [9.17, 15) is 9.59 Å². The molecular weight excluding hydrogens is 366 g/mol. The maximum atomic E-state index is 12.5. The van der Waals surface area contributed by atoms with Crippen molar-refractivity contribution in [3.63, 3.8) is 0 Å². The molecule has 3 rings (SSSR count). The fraction of sp³-hybridized carbons (Fsp3) is 0.500. The second kappa shape index (κ2) is 7.48. The molecule has 0 aliphatic carbocycles. The fourth-order valence-electron chi connectivity index (χ4n) is 3.16. The van der Waals surface area contributed by atoms with E-state index in [4.69, 9.17) is 14.2 Å². The summed E-state index contributed by atoms with van der Waals surface area (Å²) in [6, 6.07) is 5.87. The van der Waals surface area contributed by atoms with Gasteiger partial charge in [0.1, 0.15) is 5.75 Å². The van der Waals surface area contributed by atoms with Crippen LogP contribution < -0.4 is 9.61 Å². The lowest BCUT2D eigenvalue weighted by atomic mass is 10.00. The molecule has 0 bridgehead atoms. The first-order valence-corrected chi connectivity index (χ1v) is 9.74. The molecule has 1 aromatic carbocycles. The summed E-state index contributed by atoms with van der Waals surface area (Å²) in [6.07, 6.45) is 0.926. The third-order valence-corrected chi connectivity index (χ3v) is 5.42. The number of aryl methyl sites for hydroxylation is 1. The standard InChI is InChI=1S/C20H25NO5S/c1-20(2,3)26-16(18(22)24-5)17-15(21(4)19(23)27-17)13-8-9-14-12(11-13)7-6-10-25-14/h8-9,11,16H,6-7,10H2,1-5H3. The summed E-state index contributed by atoms with van der Waals surface area (Å²) in [4.78, 5) is 25.3. The van der Waals surface area contributed by atoms with Crippen molar-refractivity contribution in [2.24, 2.45) is 7.05 Å². The molecule has 27 heavy (non-hydrogen) atoms. The van der Waals surface area contributed by atoms with Gasteiger partial charge in [0.05, 0.1) is 29.9 Å². The Labute approximate surface area is 162 Å². The van der Waals surface area contributed by atoms with Crippen LogP contribution in [-0.4, -0.2) is 29.9 Å². The molecule has 6 nitrogen and oxygen atoms in total. The zero-order valence-corrected chi connectivity index (χ0v) is 17.1. The minimum atomic E-state index is -0.962. The van der Waals surface area contributed by atoms with Crippen molar-refractivity contribution in [2.75, 3.05) is 13.7 Å². The molecule has 0 saturated carbocycles. The highest BCUT2D eigenvalue weighted by atomic mass is 32.1. The Morgan fingerprint density at radius 3 is 2.74 bits per heavy atom. The Morgan fingerprint density at radius 2 is 2.07 bits per heavy atom. The number of hydrogen-bond acceptors (Lipinski definition) is 6. The van der Waals surface area contributed by atoms with Gasteiger partial charge in [-0.3, -0.25) is 4.79 Å². The molecule has 2 aromatic rings. The largest absolute Gasteiger partial charge is 0.493 e. The van der Waals surface area contributed by atoms with E-state index in [1.165, 1.54) is 7.11 Å². The highest BCUT2D eigenvalue weighted by Crippen LogP contribution is 2.37. The van der Waals surface area contributed by atoms with E-state index in [2.05, 4.69) is 0 Å². The van der Waals surface area contributed by atoms with Crippen LogP contribution in [-0.2, 0) is 27.7 Å². The monoisotopic (exact) mass is 391 g/mol. The van der Waals surface area contributed by atoms with Crippen LogP contribution in [0.5, 0.6) is 5.75 Å². The minimum Gasteiger partial charge on any atom is -0.493 e. The number of benzene rings is 1. The van der Waals surface area contributed by atoms with Gasteiger partial charge in [0, 0.05) is 12.6 Å². The quantitative estimate of drug-likeness (QED) is 0.747. The van der Waals surface area contributed by atoms with Gasteiger partial charge in [-0.15, -0.1) is 0 Å². The van der Waals surface area contributed by atoms with E-state index in [1.807, 2.05) is 39.0 Å². The third-order valence-electron chi connectivity index (χ3n) is 4.35. The number of carbonyl (C=O) groups is 1. The van der Waals surface area contributed by atoms with Crippen LogP contribution in [0.3, 0.4) is 0 Å². The highest BCUT2D eigenvalue weighted by Gasteiger charge is 2.33. The van der Waals surface area contributed by atoms with Crippen molar-refractivity contribution in [3.8, 4) is 17.0 Å². The summed E-state index contributed by atoms with van der Waals surface area (Å²) in [5.41, 5.74) is 2.07. The number of nitrogens with zero attached hydrogens (tertiary/aromatic N) is 1. The van der Waals surface area contributed by atoms with Crippen LogP contribution in [0.25, 0.3) is 11.3 Å². The highest BCUT2D eigenvalue weighted by molar-refractivity contribution is 7.10.